The molecule has 0 bridgehead atoms. The third kappa shape index (κ3) is 3.22. The molecule has 1 amide bonds. The van der Waals surface area contributed by atoms with Crippen LogP contribution in [0.3, 0.4) is 0 Å². The van der Waals surface area contributed by atoms with Gasteiger partial charge in [0.05, 0.1) is 17.5 Å². The van der Waals surface area contributed by atoms with Gasteiger partial charge < -0.3 is 20.7 Å². The molecule has 0 saturated carbocycles. The molecule has 1 heterocycles. The molecule has 0 spiro atoms. The fraction of sp³-hybridized carbons (Fsp3) is 0.533. The Morgan fingerprint density at radius 3 is 3.00 bits per heavy atom. The highest BCUT2D eigenvalue weighted by atomic mass is 16.5. The van der Waals surface area contributed by atoms with Gasteiger partial charge >= 0.3 is 0 Å². The van der Waals surface area contributed by atoms with Crippen molar-refractivity contribution in [3.05, 3.63) is 23.8 Å². The zero-order valence-electron chi connectivity index (χ0n) is 12.2. The predicted octanol–water partition coefficient (Wildman–Crippen LogP) is 1.63. The van der Waals surface area contributed by atoms with Gasteiger partial charge in [0, 0.05) is 32.3 Å². The maximum atomic E-state index is 11.8. The Hall–Kier alpha value is -1.75. The second-order valence-electron chi connectivity index (χ2n) is 5.08. The summed E-state index contributed by atoms with van der Waals surface area (Å²) in [5.41, 5.74) is 8.35. The summed E-state index contributed by atoms with van der Waals surface area (Å²) in [6.07, 6.45) is 2.44. The topological polar surface area (TPSA) is 67.6 Å². The van der Waals surface area contributed by atoms with E-state index < -0.39 is 0 Å². The van der Waals surface area contributed by atoms with Crippen LogP contribution in [0.1, 0.15) is 30.1 Å². The second kappa shape index (κ2) is 6.61. The van der Waals surface area contributed by atoms with Gasteiger partial charge in [-0.05, 0) is 38.0 Å². The fourth-order valence-corrected chi connectivity index (χ4v) is 2.60. The number of hydrogen-bond donors (Lipinski definition) is 2. The van der Waals surface area contributed by atoms with Crippen LogP contribution in [0.2, 0.25) is 0 Å². The number of piperidine rings is 1. The second-order valence-corrected chi connectivity index (χ2v) is 5.08. The largest absolute Gasteiger partial charge is 0.397 e. The molecule has 1 atom stereocenters. The Morgan fingerprint density at radius 1 is 1.55 bits per heavy atom. The van der Waals surface area contributed by atoms with Crippen LogP contribution in [-0.2, 0) is 4.74 Å². The molecule has 0 aliphatic carbocycles. The first-order valence-electron chi connectivity index (χ1n) is 7.11. The summed E-state index contributed by atoms with van der Waals surface area (Å²) in [7, 11) is 1.75. The van der Waals surface area contributed by atoms with Crippen molar-refractivity contribution in [2.24, 2.45) is 0 Å². The number of ether oxygens (including phenoxy) is 1. The molecule has 1 fully saturated rings. The third-order valence-corrected chi connectivity index (χ3v) is 3.68. The van der Waals surface area contributed by atoms with Gasteiger partial charge in [0.2, 0.25) is 0 Å². The fourth-order valence-electron chi connectivity index (χ4n) is 2.60. The lowest BCUT2D eigenvalue weighted by Gasteiger charge is -2.34. The molecule has 1 saturated heterocycles. The van der Waals surface area contributed by atoms with Gasteiger partial charge in [-0.2, -0.15) is 0 Å². The summed E-state index contributed by atoms with van der Waals surface area (Å²) in [5.74, 6) is -0.0841. The standard InChI is InChI=1S/C15H23N3O2/c1-3-17-15(19)11-6-7-14(13(16)9-11)18-8-4-5-12(10-18)20-2/h6-7,9,12H,3-5,8,10,16H2,1-2H3,(H,17,19). The van der Waals surface area contributed by atoms with Gasteiger partial charge in [0.15, 0.2) is 0 Å². The van der Waals surface area contributed by atoms with Crippen LogP contribution in [0.5, 0.6) is 0 Å². The summed E-state index contributed by atoms with van der Waals surface area (Å²) in [6, 6.07) is 5.50. The molecule has 5 nitrogen and oxygen atoms in total. The Kier molecular flexibility index (Phi) is 4.84. The number of methoxy groups -OCH3 is 1. The van der Waals surface area contributed by atoms with E-state index in [1.807, 2.05) is 19.1 Å². The average Bonchev–Trinajstić information content (AvgIpc) is 2.47. The minimum atomic E-state index is -0.0841. The lowest BCUT2D eigenvalue weighted by atomic mass is 10.1. The van der Waals surface area contributed by atoms with Crippen molar-refractivity contribution < 1.29 is 9.53 Å². The molecular formula is C15H23N3O2. The first-order chi connectivity index (χ1) is 9.65. The monoisotopic (exact) mass is 277 g/mol. The van der Waals surface area contributed by atoms with Gasteiger partial charge in [0.25, 0.3) is 5.91 Å². The third-order valence-electron chi connectivity index (χ3n) is 3.68. The van der Waals surface area contributed by atoms with E-state index in [0.29, 0.717) is 17.8 Å². The Bertz CT molecular complexity index is 476. The zero-order chi connectivity index (χ0) is 14.5. The number of amides is 1. The molecule has 20 heavy (non-hydrogen) atoms. The molecule has 1 aromatic carbocycles. The molecule has 0 aromatic heterocycles. The first-order valence-corrected chi connectivity index (χ1v) is 7.11. The van der Waals surface area contributed by atoms with Crippen molar-refractivity contribution in [3.8, 4) is 0 Å². The summed E-state index contributed by atoms with van der Waals surface area (Å²) < 4.78 is 5.43. The number of benzene rings is 1. The highest BCUT2D eigenvalue weighted by molar-refractivity contribution is 5.96. The van der Waals surface area contributed by atoms with Crippen LogP contribution in [0.25, 0.3) is 0 Å². The van der Waals surface area contributed by atoms with Crippen LogP contribution in [-0.4, -0.2) is 38.8 Å². The van der Waals surface area contributed by atoms with Crippen molar-refractivity contribution in [1.82, 2.24) is 5.32 Å². The SMILES string of the molecule is CCNC(=O)c1ccc(N2CCCC(OC)C2)c(N)c1. The van der Waals surface area contributed by atoms with E-state index in [0.717, 1.165) is 31.6 Å². The maximum absolute atomic E-state index is 11.8. The number of hydrogen-bond acceptors (Lipinski definition) is 4. The minimum Gasteiger partial charge on any atom is -0.397 e. The number of nitrogens with two attached hydrogens (primary N) is 1. The van der Waals surface area contributed by atoms with Crippen molar-refractivity contribution in [1.29, 1.82) is 0 Å². The number of carbonyl (C=O) groups is 1. The van der Waals surface area contributed by atoms with Crippen LogP contribution < -0.4 is 16.0 Å². The van der Waals surface area contributed by atoms with E-state index in [4.69, 9.17) is 10.5 Å². The van der Waals surface area contributed by atoms with E-state index in [1.165, 1.54) is 0 Å². The Balaban J connectivity index is 2.15. The smallest absolute Gasteiger partial charge is 0.251 e. The van der Waals surface area contributed by atoms with Crippen LogP contribution in [0, 0.1) is 0 Å². The van der Waals surface area contributed by atoms with Crippen LogP contribution in [0.4, 0.5) is 11.4 Å². The van der Waals surface area contributed by atoms with E-state index in [-0.39, 0.29) is 12.0 Å². The molecule has 0 radical (unpaired) electrons. The summed E-state index contributed by atoms with van der Waals surface area (Å²) >= 11 is 0. The molecule has 2 rings (SSSR count). The number of carbonyl (C=O) groups excluding carboxylic acids is 1. The van der Waals surface area contributed by atoms with Gasteiger partial charge in [-0.15, -0.1) is 0 Å². The molecule has 1 aromatic rings. The van der Waals surface area contributed by atoms with E-state index in [9.17, 15) is 4.79 Å². The van der Waals surface area contributed by atoms with Gasteiger partial charge in [-0.3, -0.25) is 4.79 Å². The van der Waals surface area contributed by atoms with Crippen LogP contribution in [0.15, 0.2) is 18.2 Å². The lowest BCUT2D eigenvalue weighted by Crippen LogP contribution is -2.39. The molecule has 1 aliphatic rings. The molecule has 1 aliphatic heterocycles. The Labute approximate surface area is 120 Å². The highest BCUT2D eigenvalue weighted by Crippen LogP contribution is 2.27. The molecule has 1 unspecified atom stereocenters. The Morgan fingerprint density at radius 2 is 2.35 bits per heavy atom. The van der Waals surface area contributed by atoms with E-state index >= 15 is 0 Å². The molecular weight excluding hydrogens is 254 g/mol. The number of nitrogens with zero attached hydrogens (tertiary/aromatic N) is 1. The summed E-state index contributed by atoms with van der Waals surface area (Å²) in [4.78, 5) is 14.0. The molecule has 110 valence electrons. The summed E-state index contributed by atoms with van der Waals surface area (Å²) in [5, 5.41) is 2.78. The van der Waals surface area contributed by atoms with Crippen LogP contribution >= 0.6 is 0 Å². The lowest BCUT2D eigenvalue weighted by molar-refractivity contribution is 0.0893. The first kappa shape index (κ1) is 14.7. The average molecular weight is 277 g/mol. The number of rotatable bonds is 4. The van der Waals surface area contributed by atoms with Gasteiger partial charge in [-0.1, -0.05) is 0 Å². The zero-order valence-corrected chi connectivity index (χ0v) is 12.2. The highest BCUT2D eigenvalue weighted by Gasteiger charge is 2.21. The van der Waals surface area contributed by atoms with E-state index in [1.54, 1.807) is 13.2 Å². The molecule has 5 heteroatoms. The molecule has 3 N–H and O–H groups in total. The number of anilines is 2. The number of nitrogen functional groups attached to an aromatic ring is 1. The normalized spacial score (nSPS) is 18.9. The van der Waals surface area contributed by atoms with Gasteiger partial charge in [-0.25, -0.2) is 0 Å². The predicted molar refractivity (Wildman–Crippen MR) is 81.1 cm³/mol. The summed E-state index contributed by atoms with van der Waals surface area (Å²) in [6.45, 7) is 4.34. The van der Waals surface area contributed by atoms with E-state index in [2.05, 4.69) is 10.2 Å². The van der Waals surface area contributed by atoms with Crippen molar-refractivity contribution >= 4 is 17.3 Å². The quantitative estimate of drug-likeness (QED) is 0.821. The maximum Gasteiger partial charge on any atom is 0.251 e. The minimum absolute atomic E-state index is 0.0841. The van der Waals surface area contributed by atoms with Crippen molar-refractivity contribution in [2.45, 2.75) is 25.9 Å². The van der Waals surface area contributed by atoms with Gasteiger partial charge in [0.1, 0.15) is 0 Å². The number of nitrogens with one attached hydrogen (secondary N) is 1. The van der Waals surface area contributed by atoms with Crippen molar-refractivity contribution in [2.75, 3.05) is 37.4 Å². The van der Waals surface area contributed by atoms with Crippen molar-refractivity contribution in [3.63, 3.8) is 0 Å².